The van der Waals surface area contributed by atoms with Crippen LogP contribution < -0.4 is 0 Å². The second-order valence-corrected chi connectivity index (χ2v) is 5.70. The maximum absolute atomic E-state index is 12.3. The first kappa shape index (κ1) is 15.8. The average Bonchev–Trinajstić information content (AvgIpc) is 2.63. The number of morpholine rings is 1. The van der Waals surface area contributed by atoms with Crippen molar-refractivity contribution in [3.8, 4) is 0 Å². The lowest BCUT2D eigenvalue weighted by Crippen LogP contribution is -2.54. The number of carboxylic acids is 1. The molecule has 0 bridgehead atoms. The lowest BCUT2D eigenvalue weighted by atomic mass is 10.2. The third-order valence-electron chi connectivity index (χ3n) is 3.89. The predicted octanol–water partition coefficient (Wildman–Crippen LogP) is 0.0895. The zero-order chi connectivity index (χ0) is 15.4. The first-order valence-electron chi connectivity index (χ1n) is 7.41. The molecule has 2 saturated heterocycles. The van der Waals surface area contributed by atoms with Crippen molar-refractivity contribution in [2.45, 2.75) is 44.8 Å². The summed E-state index contributed by atoms with van der Waals surface area (Å²) in [5.74, 6) is -1.26. The van der Waals surface area contributed by atoms with Crippen LogP contribution in [0.5, 0.6) is 0 Å². The zero-order valence-electron chi connectivity index (χ0n) is 12.3. The molecule has 118 valence electrons. The summed E-state index contributed by atoms with van der Waals surface area (Å²) in [6, 6.07) is 0. The van der Waals surface area contributed by atoms with Crippen LogP contribution in [0.15, 0.2) is 0 Å². The maximum Gasteiger partial charge on any atom is 0.334 e. The first-order chi connectivity index (χ1) is 9.97. The minimum Gasteiger partial charge on any atom is -0.479 e. The van der Waals surface area contributed by atoms with Gasteiger partial charge in [-0.05, 0) is 19.8 Å². The zero-order valence-corrected chi connectivity index (χ0v) is 12.3. The fourth-order valence-corrected chi connectivity index (χ4v) is 2.76. The largest absolute Gasteiger partial charge is 0.479 e. The molecule has 2 atom stereocenters. The molecule has 1 N–H and O–H groups in total. The second kappa shape index (κ2) is 6.89. The molecule has 0 aromatic heterocycles. The topological polar surface area (TPSA) is 87.2 Å². The third-order valence-corrected chi connectivity index (χ3v) is 3.89. The lowest BCUT2D eigenvalue weighted by molar-refractivity contribution is -0.167. The fraction of sp³-hybridized carbons (Fsp3) is 0.786. The van der Waals surface area contributed by atoms with Gasteiger partial charge >= 0.3 is 5.97 Å². The molecule has 0 aliphatic carbocycles. The summed E-state index contributed by atoms with van der Waals surface area (Å²) in [7, 11) is 0. The van der Waals surface area contributed by atoms with Gasteiger partial charge < -0.3 is 19.6 Å². The number of hydrogen-bond acceptors (Lipinski definition) is 4. The number of carbonyl (C=O) groups is 3. The summed E-state index contributed by atoms with van der Waals surface area (Å²) in [5.41, 5.74) is 0. The number of carboxylic acid groups (broad SMARTS) is 1. The van der Waals surface area contributed by atoms with Gasteiger partial charge in [0.15, 0.2) is 6.10 Å². The molecule has 2 aliphatic heterocycles. The van der Waals surface area contributed by atoms with E-state index in [9.17, 15) is 14.4 Å². The molecule has 2 aliphatic rings. The number of hydrogen-bond donors (Lipinski definition) is 1. The van der Waals surface area contributed by atoms with Crippen LogP contribution in [0, 0.1) is 0 Å². The normalized spacial score (nSPS) is 27.4. The van der Waals surface area contributed by atoms with Gasteiger partial charge in [0, 0.05) is 19.5 Å². The Morgan fingerprint density at radius 3 is 2.76 bits per heavy atom. The molecule has 7 heteroatoms. The van der Waals surface area contributed by atoms with Crippen LogP contribution in [0.25, 0.3) is 0 Å². The van der Waals surface area contributed by atoms with Crippen molar-refractivity contribution in [2.75, 3.05) is 26.2 Å². The van der Waals surface area contributed by atoms with E-state index in [-0.39, 0.29) is 31.0 Å². The van der Waals surface area contributed by atoms with Crippen molar-refractivity contribution in [3.63, 3.8) is 0 Å². The van der Waals surface area contributed by atoms with Gasteiger partial charge in [0.05, 0.1) is 19.2 Å². The average molecular weight is 298 g/mol. The van der Waals surface area contributed by atoms with E-state index in [0.717, 1.165) is 19.3 Å². The van der Waals surface area contributed by atoms with E-state index in [2.05, 4.69) is 0 Å². The van der Waals surface area contributed by atoms with Crippen molar-refractivity contribution in [1.29, 1.82) is 0 Å². The van der Waals surface area contributed by atoms with Crippen molar-refractivity contribution >= 4 is 17.8 Å². The molecule has 0 aromatic rings. The van der Waals surface area contributed by atoms with Crippen LogP contribution in [0.4, 0.5) is 0 Å². The Balaban J connectivity index is 1.95. The fourth-order valence-electron chi connectivity index (χ4n) is 2.76. The van der Waals surface area contributed by atoms with Crippen LogP contribution in [0.3, 0.4) is 0 Å². The number of aliphatic carboxylic acids is 1. The molecule has 2 heterocycles. The van der Waals surface area contributed by atoms with Crippen molar-refractivity contribution in [1.82, 2.24) is 9.80 Å². The molecule has 2 rings (SSSR count). The van der Waals surface area contributed by atoms with Gasteiger partial charge in [-0.25, -0.2) is 4.79 Å². The minimum absolute atomic E-state index is 0.0111. The molecule has 7 nitrogen and oxygen atoms in total. The van der Waals surface area contributed by atoms with Gasteiger partial charge in [-0.15, -0.1) is 0 Å². The molecule has 1 unspecified atom stereocenters. The van der Waals surface area contributed by atoms with Crippen molar-refractivity contribution < 1.29 is 24.2 Å². The van der Waals surface area contributed by atoms with Crippen LogP contribution >= 0.6 is 0 Å². The molecule has 0 saturated carbocycles. The molecule has 0 aromatic carbocycles. The smallest absolute Gasteiger partial charge is 0.334 e. The highest BCUT2D eigenvalue weighted by Crippen LogP contribution is 2.14. The van der Waals surface area contributed by atoms with Gasteiger partial charge in [-0.2, -0.15) is 0 Å². The number of likely N-dealkylation sites (tertiary alicyclic amines) is 1. The molecular formula is C14H22N2O5. The highest BCUT2D eigenvalue weighted by atomic mass is 16.5. The summed E-state index contributed by atoms with van der Waals surface area (Å²) in [6.07, 6.45) is 1.98. The minimum atomic E-state index is -1.06. The Hall–Kier alpha value is -1.63. The van der Waals surface area contributed by atoms with Crippen LogP contribution in [0.1, 0.15) is 32.6 Å². The Kier molecular flexibility index (Phi) is 5.17. The highest BCUT2D eigenvalue weighted by molar-refractivity contribution is 5.85. The molecule has 2 amide bonds. The summed E-state index contributed by atoms with van der Waals surface area (Å²) in [4.78, 5) is 38.3. The van der Waals surface area contributed by atoms with E-state index in [0.29, 0.717) is 19.5 Å². The number of ether oxygens (including phenoxy) is 1. The van der Waals surface area contributed by atoms with Gasteiger partial charge in [0.2, 0.25) is 11.8 Å². The third kappa shape index (κ3) is 4.17. The Morgan fingerprint density at radius 2 is 2.05 bits per heavy atom. The molecule has 21 heavy (non-hydrogen) atoms. The summed E-state index contributed by atoms with van der Waals surface area (Å²) >= 11 is 0. The molecular weight excluding hydrogens is 276 g/mol. The summed E-state index contributed by atoms with van der Waals surface area (Å²) < 4.78 is 5.29. The van der Waals surface area contributed by atoms with Crippen molar-refractivity contribution in [3.05, 3.63) is 0 Å². The van der Waals surface area contributed by atoms with Crippen LogP contribution in [-0.4, -0.2) is 71.1 Å². The SMILES string of the molecule is C[C@@H]1CN(C(=O)CN2CCCCCC2=O)CC(C(=O)O)O1. The number of nitrogens with zero attached hydrogens (tertiary/aromatic N) is 2. The standard InChI is InChI=1S/C14H22N2O5/c1-10-7-16(8-11(21-10)14(19)20)13(18)9-15-6-4-2-3-5-12(15)17/h10-11H,2-9H2,1H3,(H,19,20)/t10-,11?/m1/s1. The van der Waals surface area contributed by atoms with Gasteiger partial charge in [-0.1, -0.05) is 6.42 Å². The second-order valence-electron chi connectivity index (χ2n) is 5.70. The van der Waals surface area contributed by atoms with E-state index in [1.165, 1.54) is 4.90 Å². The monoisotopic (exact) mass is 298 g/mol. The van der Waals surface area contributed by atoms with Gasteiger partial charge in [0.25, 0.3) is 0 Å². The van der Waals surface area contributed by atoms with Gasteiger partial charge in [-0.3, -0.25) is 9.59 Å². The Morgan fingerprint density at radius 1 is 1.29 bits per heavy atom. The Bertz CT molecular complexity index is 426. The number of rotatable bonds is 3. The van der Waals surface area contributed by atoms with Gasteiger partial charge in [0.1, 0.15) is 0 Å². The highest BCUT2D eigenvalue weighted by Gasteiger charge is 2.33. The lowest BCUT2D eigenvalue weighted by Gasteiger charge is -2.36. The van der Waals surface area contributed by atoms with E-state index in [4.69, 9.17) is 9.84 Å². The number of amides is 2. The van der Waals surface area contributed by atoms with E-state index >= 15 is 0 Å². The summed E-state index contributed by atoms with van der Waals surface area (Å²) in [6.45, 7) is 2.79. The maximum atomic E-state index is 12.3. The Labute approximate surface area is 123 Å². The van der Waals surface area contributed by atoms with E-state index in [1.54, 1.807) is 11.8 Å². The molecule has 2 fully saturated rings. The van der Waals surface area contributed by atoms with Crippen LogP contribution in [-0.2, 0) is 19.1 Å². The predicted molar refractivity (Wildman–Crippen MR) is 73.6 cm³/mol. The summed E-state index contributed by atoms with van der Waals surface area (Å²) in [5, 5.41) is 9.03. The van der Waals surface area contributed by atoms with Crippen molar-refractivity contribution in [2.24, 2.45) is 0 Å². The first-order valence-corrected chi connectivity index (χ1v) is 7.41. The van der Waals surface area contributed by atoms with E-state index in [1.807, 2.05) is 0 Å². The molecule has 0 radical (unpaired) electrons. The van der Waals surface area contributed by atoms with E-state index < -0.39 is 12.1 Å². The quantitative estimate of drug-likeness (QED) is 0.798. The number of carbonyl (C=O) groups excluding carboxylic acids is 2. The van der Waals surface area contributed by atoms with Crippen LogP contribution in [0.2, 0.25) is 0 Å². The molecule has 0 spiro atoms.